The van der Waals surface area contributed by atoms with Gasteiger partial charge in [0, 0.05) is 12.6 Å². The number of nitrogens with zero attached hydrogens (tertiary/aromatic N) is 1. The van der Waals surface area contributed by atoms with Crippen molar-refractivity contribution in [2.24, 2.45) is 5.92 Å². The number of benzene rings is 1. The van der Waals surface area contributed by atoms with E-state index >= 15 is 0 Å². The minimum absolute atomic E-state index is 0.0251. The third kappa shape index (κ3) is 4.41. The van der Waals surface area contributed by atoms with Gasteiger partial charge in [0.05, 0.1) is 19.1 Å². The first-order valence-electron chi connectivity index (χ1n) is 7.48. The molecule has 1 heterocycles. The van der Waals surface area contributed by atoms with Crippen LogP contribution >= 0.6 is 0 Å². The molecular formula is C17H23NO3. The highest BCUT2D eigenvalue weighted by Gasteiger charge is 2.37. The maximum absolute atomic E-state index is 11.3. The summed E-state index contributed by atoms with van der Waals surface area (Å²) in [7, 11) is 0. The number of carboxylic acid groups (broad SMARTS) is 1. The standard InChI is InChI=1S/C17H23NO3/c1-2-10-18(16-13-21-12-15(16)17(19)20)11-6-9-14-7-4-3-5-8-14/h3-9,15-16H,2,10-13H2,1H3,(H,19,20). The first-order chi connectivity index (χ1) is 10.2. The number of carboxylic acids is 1. The molecule has 0 saturated carbocycles. The molecule has 1 aromatic rings. The Morgan fingerprint density at radius 2 is 2.14 bits per heavy atom. The van der Waals surface area contributed by atoms with Gasteiger partial charge in [-0.3, -0.25) is 9.69 Å². The molecule has 2 rings (SSSR count). The summed E-state index contributed by atoms with van der Waals surface area (Å²) >= 11 is 0. The molecule has 1 aromatic carbocycles. The van der Waals surface area contributed by atoms with E-state index in [0.717, 1.165) is 25.1 Å². The summed E-state index contributed by atoms with van der Waals surface area (Å²) in [5.74, 6) is -1.17. The van der Waals surface area contributed by atoms with Gasteiger partial charge in [-0.2, -0.15) is 0 Å². The van der Waals surface area contributed by atoms with E-state index in [2.05, 4.69) is 36.1 Å². The maximum atomic E-state index is 11.3. The SMILES string of the molecule is CCCN(CC=Cc1ccccc1)C1COCC1C(=O)O. The molecule has 1 aliphatic rings. The summed E-state index contributed by atoms with van der Waals surface area (Å²) in [6, 6.07) is 10.1. The summed E-state index contributed by atoms with van der Waals surface area (Å²) in [6.07, 6.45) is 5.18. The van der Waals surface area contributed by atoms with Gasteiger partial charge in [-0.25, -0.2) is 0 Å². The number of hydrogen-bond acceptors (Lipinski definition) is 3. The van der Waals surface area contributed by atoms with E-state index in [1.54, 1.807) is 0 Å². The molecule has 1 saturated heterocycles. The zero-order valence-electron chi connectivity index (χ0n) is 12.4. The lowest BCUT2D eigenvalue weighted by atomic mass is 10.0. The Balaban J connectivity index is 1.98. The second-order valence-electron chi connectivity index (χ2n) is 5.36. The van der Waals surface area contributed by atoms with Crippen molar-refractivity contribution >= 4 is 12.0 Å². The van der Waals surface area contributed by atoms with Crippen molar-refractivity contribution in [3.8, 4) is 0 Å². The van der Waals surface area contributed by atoms with E-state index in [-0.39, 0.29) is 6.04 Å². The van der Waals surface area contributed by atoms with Crippen LogP contribution in [0, 0.1) is 5.92 Å². The average Bonchev–Trinajstić information content (AvgIpc) is 2.97. The van der Waals surface area contributed by atoms with Gasteiger partial charge in [-0.1, -0.05) is 49.4 Å². The lowest BCUT2D eigenvalue weighted by Crippen LogP contribution is -2.43. The van der Waals surface area contributed by atoms with Gasteiger partial charge < -0.3 is 9.84 Å². The predicted octanol–water partition coefficient (Wildman–Crippen LogP) is 2.51. The van der Waals surface area contributed by atoms with Crippen LogP contribution in [0.4, 0.5) is 0 Å². The van der Waals surface area contributed by atoms with Crippen LogP contribution in [0.1, 0.15) is 18.9 Å². The van der Waals surface area contributed by atoms with Gasteiger partial charge in [0.25, 0.3) is 0 Å². The predicted molar refractivity (Wildman–Crippen MR) is 83.1 cm³/mol. The van der Waals surface area contributed by atoms with Crippen molar-refractivity contribution in [2.75, 3.05) is 26.3 Å². The summed E-state index contributed by atoms with van der Waals surface area (Å²) in [5, 5.41) is 9.28. The molecule has 114 valence electrons. The van der Waals surface area contributed by atoms with E-state index in [0.29, 0.717) is 13.2 Å². The second kappa shape index (κ2) is 7.96. The lowest BCUT2D eigenvalue weighted by Gasteiger charge is -2.28. The van der Waals surface area contributed by atoms with Crippen molar-refractivity contribution in [3.63, 3.8) is 0 Å². The summed E-state index contributed by atoms with van der Waals surface area (Å²) in [4.78, 5) is 13.5. The number of rotatable bonds is 7. The van der Waals surface area contributed by atoms with Crippen molar-refractivity contribution in [2.45, 2.75) is 19.4 Å². The van der Waals surface area contributed by atoms with Gasteiger partial charge in [-0.15, -0.1) is 0 Å². The fourth-order valence-corrected chi connectivity index (χ4v) is 2.71. The topological polar surface area (TPSA) is 49.8 Å². The van der Waals surface area contributed by atoms with E-state index in [1.807, 2.05) is 18.2 Å². The van der Waals surface area contributed by atoms with Crippen molar-refractivity contribution in [1.82, 2.24) is 4.90 Å². The lowest BCUT2D eigenvalue weighted by molar-refractivity contribution is -0.143. The van der Waals surface area contributed by atoms with E-state index < -0.39 is 11.9 Å². The Kier molecular flexibility index (Phi) is 5.96. The molecule has 0 aliphatic carbocycles. The molecule has 2 unspecified atom stereocenters. The van der Waals surface area contributed by atoms with E-state index in [4.69, 9.17) is 4.74 Å². The van der Waals surface area contributed by atoms with Crippen LogP contribution in [0.2, 0.25) is 0 Å². The van der Waals surface area contributed by atoms with Crippen LogP contribution in [-0.2, 0) is 9.53 Å². The number of hydrogen-bond donors (Lipinski definition) is 1. The third-order valence-electron chi connectivity index (χ3n) is 3.80. The quantitative estimate of drug-likeness (QED) is 0.838. The van der Waals surface area contributed by atoms with Gasteiger partial charge in [0.15, 0.2) is 0 Å². The van der Waals surface area contributed by atoms with Gasteiger partial charge >= 0.3 is 5.97 Å². The van der Waals surface area contributed by atoms with Crippen molar-refractivity contribution in [1.29, 1.82) is 0 Å². The second-order valence-corrected chi connectivity index (χ2v) is 5.36. The minimum atomic E-state index is -0.759. The Labute approximate surface area is 126 Å². The van der Waals surface area contributed by atoms with Gasteiger partial charge in [0.2, 0.25) is 0 Å². The largest absolute Gasteiger partial charge is 0.481 e. The highest BCUT2D eigenvalue weighted by atomic mass is 16.5. The zero-order chi connectivity index (χ0) is 15.1. The average molecular weight is 289 g/mol. The molecule has 0 aromatic heterocycles. The molecule has 0 spiro atoms. The first-order valence-corrected chi connectivity index (χ1v) is 7.48. The molecule has 2 atom stereocenters. The Morgan fingerprint density at radius 1 is 1.38 bits per heavy atom. The normalized spacial score (nSPS) is 22.2. The fraction of sp³-hybridized carbons (Fsp3) is 0.471. The summed E-state index contributed by atoms with van der Waals surface area (Å²) < 4.78 is 5.38. The molecule has 1 fully saturated rings. The fourth-order valence-electron chi connectivity index (χ4n) is 2.71. The smallest absolute Gasteiger partial charge is 0.310 e. The van der Waals surface area contributed by atoms with Crippen molar-refractivity contribution < 1.29 is 14.6 Å². The maximum Gasteiger partial charge on any atom is 0.310 e. The van der Waals surface area contributed by atoms with Crippen LogP contribution in [0.25, 0.3) is 6.08 Å². The van der Waals surface area contributed by atoms with Crippen LogP contribution < -0.4 is 0 Å². The zero-order valence-corrected chi connectivity index (χ0v) is 12.4. The summed E-state index contributed by atoms with van der Waals surface area (Å²) in [6.45, 7) is 4.58. The molecule has 1 aliphatic heterocycles. The number of aliphatic carboxylic acids is 1. The molecule has 4 heteroatoms. The third-order valence-corrected chi connectivity index (χ3v) is 3.80. The Hall–Kier alpha value is -1.65. The molecule has 0 amide bonds. The highest BCUT2D eigenvalue weighted by Crippen LogP contribution is 2.20. The Bertz CT molecular complexity index is 472. The molecule has 0 bridgehead atoms. The van der Waals surface area contributed by atoms with Crippen LogP contribution in [-0.4, -0.2) is 48.3 Å². The van der Waals surface area contributed by atoms with Crippen molar-refractivity contribution in [3.05, 3.63) is 42.0 Å². The molecule has 1 N–H and O–H groups in total. The monoisotopic (exact) mass is 289 g/mol. The molecule has 0 radical (unpaired) electrons. The minimum Gasteiger partial charge on any atom is -0.481 e. The van der Waals surface area contributed by atoms with E-state index in [9.17, 15) is 9.90 Å². The molecule has 21 heavy (non-hydrogen) atoms. The van der Waals surface area contributed by atoms with Crippen LogP contribution in [0.5, 0.6) is 0 Å². The Morgan fingerprint density at radius 3 is 2.81 bits per heavy atom. The number of carbonyl (C=O) groups is 1. The van der Waals surface area contributed by atoms with Crippen LogP contribution in [0.3, 0.4) is 0 Å². The highest BCUT2D eigenvalue weighted by molar-refractivity contribution is 5.71. The van der Waals surface area contributed by atoms with Gasteiger partial charge in [-0.05, 0) is 18.5 Å². The van der Waals surface area contributed by atoms with E-state index in [1.165, 1.54) is 0 Å². The molecular weight excluding hydrogens is 266 g/mol. The van der Waals surface area contributed by atoms with Gasteiger partial charge in [0.1, 0.15) is 0 Å². The summed E-state index contributed by atoms with van der Waals surface area (Å²) in [5.41, 5.74) is 1.16. The van der Waals surface area contributed by atoms with Crippen LogP contribution in [0.15, 0.2) is 36.4 Å². The number of ether oxygens (including phenoxy) is 1. The first kappa shape index (κ1) is 15.7. The molecule has 4 nitrogen and oxygen atoms in total.